The molecule has 5 heteroatoms. The minimum Gasteiger partial charge on any atom is -0.322 e. The standard InChI is InChI=1S/C20H14F3NO/c1-12-11-14(21)7-10-16(12)13-5-8-15(9-6-13)24-20(25)17-3-2-4-18(22)19(17)23/h2-11H,1H3,(H,24,25). The average Bonchev–Trinajstić information content (AvgIpc) is 2.58. The molecule has 0 saturated carbocycles. The molecule has 3 aromatic carbocycles. The first-order chi connectivity index (χ1) is 12.0. The molecule has 0 aliphatic carbocycles. The second kappa shape index (κ2) is 6.81. The average molecular weight is 341 g/mol. The summed E-state index contributed by atoms with van der Waals surface area (Å²) in [6.45, 7) is 1.81. The van der Waals surface area contributed by atoms with E-state index < -0.39 is 17.5 Å². The highest BCUT2D eigenvalue weighted by molar-refractivity contribution is 6.04. The molecule has 0 atom stereocenters. The highest BCUT2D eigenvalue weighted by Gasteiger charge is 2.15. The van der Waals surface area contributed by atoms with Gasteiger partial charge in [-0.1, -0.05) is 24.3 Å². The van der Waals surface area contributed by atoms with E-state index >= 15 is 0 Å². The Morgan fingerprint density at radius 1 is 0.920 bits per heavy atom. The topological polar surface area (TPSA) is 29.1 Å². The van der Waals surface area contributed by atoms with Gasteiger partial charge < -0.3 is 5.32 Å². The van der Waals surface area contributed by atoms with Crippen LogP contribution in [0.2, 0.25) is 0 Å². The third kappa shape index (κ3) is 3.55. The van der Waals surface area contributed by atoms with Crippen LogP contribution >= 0.6 is 0 Å². The molecular formula is C20H14F3NO. The predicted octanol–water partition coefficient (Wildman–Crippen LogP) is 5.33. The Balaban J connectivity index is 1.81. The molecule has 0 heterocycles. The van der Waals surface area contributed by atoms with E-state index in [1.165, 1.54) is 24.3 Å². The summed E-state index contributed by atoms with van der Waals surface area (Å²) in [5.74, 6) is -3.29. The van der Waals surface area contributed by atoms with Crippen LogP contribution in [0.3, 0.4) is 0 Å². The third-order valence-electron chi connectivity index (χ3n) is 3.84. The molecule has 0 radical (unpaired) electrons. The van der Waals surface area contributed by atoms with Gasteiger partial charge in [-0.15, -0.1) is 0 Å². The lowest BCUT2D eigenvalue weighted by Crippen LogP contribution is -2.14. The van der Waals surface area contributed by atoms with Crippen LogP contribution in [0.1, 0.15) is 15.9 Å². The van der Waals surface area contributed by atoms with Gasteiger partial charge in [0.25, 0.3) is 5.91 Å². The quantitative estimate of drug-likeness (QED) is 0.685. The minimum atomic E-state index is -1.18. The van der Waals surface area contributed by atoms with Gasteiger partial charge in [0.05, 0.1) is 5.56 Å². The van der Waals surface area contributed by atoms with Crippen molar-refractivity contribution in [3.05, 3.63) is 89.2 Å². The molecule has 3 rings (SSSR count). The summed E-state index contributed by atoms with van der Waals surface area (Å²) >= 11 is 0. The van der Waals surface area contributed by atoms with Crippen LogP contribution in [-0.4, -0.2) is 5.91 Å². The second-order valence-electron chi connectivity index (χ2n) is 5.59. The van der Waals surface area contributed by atoms with E-state index in [9.17, 15) is 18.0 Å². The summed E-state index contributed by atoms with van der Waals surface area (Å²) in [6.07, 6.45) is 0. The van der Waals surface area contributed by atoms with E-state index in [0.29, 0.717) is 5.69 Å². The molecule has 2 nitrogen and oxygen atoms in total. The van der Waals surface area contributed by atoms with Gasteiger partial charge in [0.15, 0.2) is 11.6 Å². The van der Waals surface area contributed by atoms with Crippen molar-refractivity contribution in [2.45, 2.75) is 6.92 Å². The van der Waals surface area contributed by atoms with Crippen molar-refractivity contribution in [3.63, 3.8) is 0 Å². The van der Waals surface area contributed by atoms with Crippen LogP contribution in [0.4, 0.5) is 18.9 Å². The molecular weight excluding hydrogens is 327 g/mol. The molecule has 0 aromatic heterocycles. The van der Waals surface area contributed by atoms with Crippen molar-refractivity contribution in [2.75, 3.05) is 5.32 Å². The number of halogens is 3. The van der Waals surface area contributed by atoms with Gasteiger partial charge in [0.2, 0.25) is 0 Å². The predicted molar refractivity (Wildman–Crippen MR) is 90.9 cm³/mol. The number of hydrogen-bond acceptors (Lipinski definition) is 1. The number of rotatable bonds is 3. The Morgan fingerprint density at radius 3 is 2.32 bits per heavy atom. The Morgan fingerprint density at radius 2 is 1.64 bits per heavy atom. The summed E-state index contributed by atoms with van der Waals surface area (Å²) in [5.41, 5.74) is 2.59. The summed E-state index contributed by atoms with van der Waals surface area (Å²) in [6, 6.07) is 14.8. The molecule has 0 aliphatic heterocycles. The van der Waals surface area contributed by atoms with Crippen LogP contribution in [0, 0.1) is 24.4 Å². The Labute approximate surface area is 142 Å². The summed E-state index contributed by atoms with van der Waals surface area (Å²) in [7, 11) is 0. The lowest BCUT2D eigenvalue weighted by Gasteiger charge is -2.09. The first-order valence-corrected chi connectivity index (χ1v) is 7.57. The molecule has 0 spiro atoms. The van der Waals surface area contributed by atoms with Gasteiger partial charge in [0.1, 0.15) is 5.82 Å². The Kier molecular flexibility index (Phi) is 4.57. The minimum absolute atomic E-state index is 0.303. The highest BCUT2D eigenvalue weighted by Crippen LogP contribution is 2.25. The summed E-state index contributed by atoms with van der Waals surface area (Å²) in [5, 5.41) is 2.52. The molecule has 0 unspecified atom stereocenters. The lowest BCUT2D eigenvalue weighted by molar-refractivity contribution is 0.102. The smallest absolute Gasteiger partial charge is 0.258 e. The fraction of sp³-hybridized carbons (Fsp3) is 0.0500. The van der Waals surface area contributed by atoms with E-state index in [1.807, 2.05) is 0 Å². The zero-order chi connectivity index (χ0) is 18.0. The number of carbonyl (C=O) groups excluding carboxylic acids is 1. The van der Waals surface area contributed by atoms with E-state index in [4.69, 9.17) is 0 Å². The fourth-order valence-electron chi connectivity index (χ4n) is 2.56. The molecule has 25 heavy (non-hydrogen) atoms. The molecule has 1 amide bonds. The number of benzene rings is 3. The van der Waals surface area contributed by atoms with Crippen LogP contribution in [0.25, 0.3) is 11.1 Å². The van der Waals surface area contributed by atoms with E-state index in [0.717, 1.165) is 22.8 Å². The Bertz CT molecular complexity index is 936. The van der Waals surface area contributed by atoms with Gasteiger partial charge >= 0.3 is 0 Å². The van der Waals surface area contributed by atoms with E-state index in [-0.39, 0.29) is 11.4 Å². The van der Waals surface area contributed by atoms with Crippen molar-refractivity contribution in [3.8, 4) is 11.1 Å². The maximum Gasteiger partial charge on any atom is 0.258 e. The molecule has 0 bridgehead atoms. The number of amides is 1. The van der Waals surface area contributed by atoms with Crippen molar-refractivity contribution < 1.29 is 18.0 Å². The van der Waals surface area contributed by atoms with Crippen LogP contribution < -0.4 is 5.32 Å². The van der Waals surface area contributed by atoms with Gasteiger partial charge in [-0.3, -0.25) is 4.79 Å². The SMILES string of the molecule is Cc1cc(F)ccc1-c1ccc(NC(=O)c2cccc(F)c2F)cc1. The Hall–Kier alpha value is -3.08. The molecule has 1 N–H and O–H groups in total. The number of hydrogen-bond donors (Lipinski definition) is 1. The zero-order valence-electron chi connectivity index (χ0n) is 13.3. The van der Waals surface area contributed by atoms with Crippen LogP contribution in [-0.2, 0) is 0 Å². The fourth-order valence-corrected chi connectivity index (χ4v) is 2.56. The van der Waals surface area contributed by atoms with Gasteiger partial charge in [-0.05, 0) is 60.0 Å². The molecule has 0 saturated heterocycles. The highest BCUT2D eigenvalue weighted by atomic mass is 19.2. The van der Waals surface area contributed by atoms with Gasteiger partial charge in [-0.25, -0.2) is 13.2 Å². The maximum absolute atomic E-state index is 13.7. The molecule has 0 aliphatic rings. The van der Waals surface area contributed by atoms with Gasteiger partial charge in [-0.2, -0.15) is 0 Å². The third-order valence-corrected chi connectivity index (χ3v) is 3.84. The zero-order valence-corrected chi connectivity index (χ0v) is 13.3. The number of carbonyl (C=O) groups is 1. The van der Waals surface area contributed by atoms with Crippen molar-refractivity contribution in [2.24, 2.45) is 0 Å². The molecule has 126 valence electrons. The van der Waals surface area contributed by atoms with E-state index in [1.54, 1.807) is 37.3 Å². The number of aryl methyl sites for hydroxylation is 1. The largest absolute Gasteiger partial charge is 0.322 e. The van der Waals surface area contributed by atoms with Crippen molar-refractivity contribution in [1.82, 2.24) is 0 Å². The van der Waals surface area contributed by atoms with Crippen molar-refractivity contribution in [1.29, 1.82) is 0 Å². The van der Waals surface area contributed by atoms with Crippen LogP contribution in [0.5, 0.6) is 0 Å². The monoisotopic (exact) mass is 341 g/mol. The normalized spacial score (nSPS) is 10.6. The number of nitrogens with one attached hydrogen (secondary N) is 1. The van der Waals surface area contributed by atoms with E-state index in [2.05, 4.69) is 5.32 Å². The first-order valence-electron chi connectivity index (χ1n) is 7.57. The molecule has 3 aromatic rings. The van der Waals surface area contributed by atoms with Crippen LogP contribution in [0.15, 0.2) is 60.7 Å². The number of anilines is 1. The maximum atomic E-state index is 13.7. The van der Waals surface area contributed by atoms with Gasteiger partial charge in [0, 0.05) is 5.69 Å². The second-order valence-corrected chi connectivity index (χ2v) is 5.59. The summed E-state index contributed by atoms with van der Waals surface area (Å²) < 4.78 is 40.0. The molecule has 0 fully saturated rings. The van der Waals surface area contributed by atoms with Crippen molar-refractivity contribution >= 4 is 11.6 Å². The lowest BCUT2D eigenvalue weighted by atomic mass is 10.0. The summed E-state index contributed by atoms with van der Waals surface area (Å²) in [4.78, 5) is 12.1. The first kappa shape index (κ1) is 16.8.